The van der Waals surface area contributed by atoms with Crippen LogP contribution in [0.1, 0.15) is 38.6 Å². The molecule has 5 heteroatoms. The van der Waals surface area contributed by atoms with Crippen molar-refractivity contribution in [3.63, 3.8) is 0 Å². The molecule has 0 spiro atoms. The van der Waals surface area contributed by atoms with Gasteiger partial charge in [-0.05, 0) is 18.8 Å². The molecule has 1 aliphatic carbocycles. The van der Waals surface area contributed by atoms with Gasteiger partial charge in [-0.15, -0.1) is 0 Å². The summed E-state index contributed by atoms with van der Waals surface area (Å²) >= 11 is 11.5. The largest absolute Gasteiger partial charge is 0.295 e. The maximum Gasteiger partial charge on any atom is 0.273 e. The molecule has 0 aliphatic heterocycles. The van der Waals surface area contributed by atoms with Crippen LogP contribution < -0.4 is 5.56 Å². The van der Waals surface area contributed by atoms with Gasteiger partial charge in [0.05, 0.1) is 6.33 Å². The Labute approximate surface area is 104 Å². The minimum atomic E-state index is -0.222. The van der Waals surface area contributed by atoms with E-state index in [1.54, 1.807) is 4.57 Å². The summed E-state index contributed by atoms with van der Waals surface area (Å²) in [5.74, 6) is 0.653. The van der Waals surface area contributed by atoms with Crippen LogP contribution in [0.2, 0.25) is 10.2 Å². The van der Waals surface area contributed by atoms with E-state index < -0.39 is 0 Å². The van der Waals surface area contributed by atoms with E-state index in [1.165, 1.54) is 12.7 Å². The standard InChI is InChI=1S/C11H14Cl2N2O/c1-7-3-2-4-8(5-7)15-6-14-10(13)9(12)11(15)16/h6-8H,2-5H2,1H3. The van der Waals surface area contributed by atoms with Crippen LogP contribution in [0.15, 0.2) is 11.1 Å². The fourth-order valence-corrected chi connectivity index (χ4v) is 2.61. The number of hydrogen-bond donors (Lipinski definition) is 0. The van der Waals surface area contributed by atoms with Crippen LogP contribution in [-0.4, -0.2) is 9.55 Å². The second kappa shape index (κ2) is 4.76. The van der Waals surface area contributed by atoms with Crippen molar-refractivity contribution in [1.29, 1.82) is 0 Å². The third kappa shape index (κ3) is 2.25. The third-order valence-electron chi connectivity index (χ3n) is 3.20. The van der Waals surface area contributed by atoms with Gasteiger partial charge >= 0.3 is 0 Å². The molecule has 16 heavy (non-hydrogen) atoms. The first-order valence-electron chi connectivity index (χ1n) is 5.51. The molecule has 2 rings (SSSR count). The van der Waals surface area contributed by atoms with E-state index in [0.29, 0.717) is 5.92 Å². The molecule has 3 nitrogen and oxygen atoms in total. The predicted octanol–water partition coefficient (Wildman–Crippen LogP) is 3.30. The Kier molecular flexibility index (Phi) is 3.55. The highest BCUT2D eigenvalue weighted by Gasteiger charge is 2.22. The number of halogens is 2. The van der Waals surface area contributed by atoms with Crippen LogP contribution in [-0.2, 0) is 0 Å². The SMILES string of the molecule is CC1CCCC(n2cnc(Cl)c(Cl)c2=O)C1. The van der Waals surface area contributed by atoms with Gasteiger partial charge < -0.3 is 0 Å². The second-order valence-electron chi connectivity index (χ2n) is 4.49. The fourth-order valence-electron chi connectivity index (χ4n) is 2.34. The van der Waals surface area contributed by atoms with Crippen molar-refractivity contribution in [3.05, 3.63) is 26.9 Å². The molecule has 1 aliphatic rings. The lowest BCUT2D eigenvalue weighted by Crippen LogP contribution is -2.28. The van der Waals surface area contributed by atoms with Gasteiger partial charge in [0.25, 0.3) is 5.56 Å². The first-order valence-corrected chi connectivity index (χ1v) is 6.27. The smallest absolute Gasteiger partial charge is 0.273 e. The van der Waals surface area contributed by atoms with Crippen molar-refractivity contribution >= 4 is 23.2 Å². The highest BCUT2D eigenvalue weighted by atomic mass is 35.5. The summed E-state index contributed by atoms with van der Waals surface area (Å²) in [7, 11) is 0. The van der Waals surface area contributed by atoms with Gasteiger partial charge in [-0.1, -0.05) is 43.0 Å². The normalized spacial score (nSPS) is 25.7. The second-order valence-corrected chi connectivity index (χ2v) is 5.22. The lowest BCUT2D eigenvalue weighted by Gasteiger charge is -2.28. The van der Waals surface area contributed by atoms with Crippen LogP contribution in [0.3, 0.4) is 0 Å². The first kappa shape index (κ1) is 11.9. The topological polar surface area (TPSA) is 34.9 Å². The maximum atomic E-state index is 11.9. The van der Waals surface area contributed by atoms with Crippen LogP contribution >= 0.6 is 23.2 Å². The Bertz CT molecular complexity index is 444. The molecule has 1 fully saturated rings. The molecule has 0 amide bonds. The molecule has 0 saturated heterocycles. The molecule has 1 saturated carbocycles. The van der Waals surface area contributed by atoms with E-state index in [0.717, 1.165) is 19.3 Å². The van der Waals surface area contributed by atoms with Gasteiger partial charge in [0.15, 0.2) is 5.15 Å². The van der Waals surface area contributed by atoms with Crippen molar-refractivity contribution in [1.82, 2.24) is 9.55 Å². The number of hydrogen-bond acceptors (Lipinski definition) is 2. The summed E-state index contributed by atoms with van der Waals surface area (Å²) in [6.45, 7) is 2.21. The van der Waals surface area contributed by atoms with Gasteiger partial charge in [0.1, 0.15) is 5.02 Å². The zero-order valence-electron chi connectivity index (χ0n) is 9.12. The quantitative estimate of drug-likeness (QED) is 0.727. The van der Waals surface area contributed by atoms with Crippen molar-refractivity contribution in [2.24, 2.45) is 5.92 Å². The summed E-state index contributed by atoms with van der Waals surface area (Å²) in [6, 6.07) is 0.221. The van der Waals surface area contributed by atoms with Gasteiger partial charge in [-0.25, -0.2) is 4.98 Å². The Morgan fingerprint density at radius 3 is 2.88 bits per heavy atom. The lowest BCUT2D eigenvalue weighted by molar-refractivity contribution is 0.276. The highest BCUT2D eigenvalue weighted by molar-refractivity contribution is 6.40. The summed E-state index contributed by atoms with van der Waals surface area (Å²) < 4.78 is 1.63. The van der Waals surface area contributed by atoms with Crippen LogP contribution in [0.4, 0.5) is 0 Å². The summed E-state index contributed by atoms with van der Waals surface area (Å²) in [4.78, 5) is 15.8. The van der Waals surface area contributed by atoms with Crippen LogP contribution in [0.5, 0.6) is 0 Å². The Hall–Kier alpha value is -0.540. The molecule has 2 atom stereocenters. The molecule has 0 bridgehead atoms. The molecular formula is C11H14Cl2N2O. The number of rotatable bonds is 1. The van der Waals surface area contributed by atoms with Gasteiger partial charge in [0.2, 0.25) is 0 Å². The molecule has 0 radical (unpaired) electrons. The number of aromatic nitrogens is 2. The van der Waals surface area contributed by atoms with E-state index in [2.05, 4.69) is 11.9 Å². The maximum absolute atomic E-state index is 11.9. The Balaban J connectivity index is 2.33. The van der Waals surface area contributed by atoms with E-state index >= 15 is 0 Å². The Morgan fingerprint density at radius 2 is 2.19 bits per heavy atom. The molecular weight excluding hydrogens is 247 g/mol. The zero-order chi connectivity index (χ0) is 11.7. The molecule has 1 aromatic heterocycles. The first-order chi connectivity index (χ1) is 7.59. The van der Waals surface area contributed by atoms with Gasteiger partial charge in [0, 0.05) is 6.04 Å². The lowest BCUT2D eigenvalue weighted by atomic mass is 9.87. The molecule has 0 aromatic carbocycles. The van der Waals surface area contributed by atoms with Crippen molar-refractivity contribution in [2.45, 2.75) is 38.6 Å². The molecule has 2 unspecified atom stereocenters. The molecule has 88 valence electrons. The third-order valence-corrected chi connectivity index (χ3v) is 3.92. The average molecular weight is 261 g/mol. The molecule has 1 aromatic rings. The zero-order valence-corrected chi connectivity index (χ0v) is 10.6. The van der Waals surface area contributed by atoms with Crippen molar-refractivity contribution < 1.29 is 0 Å². The van der Waals surface area contributed by atoms with Crippen molar-refractivity contribution in [3.8, 4) is 0 Å². The fraction of sp³-hybridized carbons (Fsp3) is 0.636. The summed E-state index contributed by atoms with van der Waals surface area (Å²) in [5, 5.41) is 0.120. The number of nitrogens with zero attached hydrogens (tertiary/aromatic N) is 2. The minimum Gasteiger partial charge on any atom is -0.295 e. The average Bonchev–Trinajstić information content (AvgIpc) is 2.26. The van der Waals surface area contributed by atoms with Gasteiger partial charge in [-0.2, -0.15) is 0 Å². The van der Waals surface area contributed by atoms with E-state index in [1.807, 2.05) is 0 Å². The molecule has 1 heterocycles. The highest BCUT2D eigenvalue weighted by Crippen LogP contribution is 2.31. The van der Waals surface area contributed by atoms with Crippen LogP contribution in [0, 0.1) is 5.92 Å². The summed E-state index contributed by atoms with van der Waals surface area (Å²) in [5.41, 5.74) is -0.222. The van der Waals surface area contributed by atoms with Gasteiger partial charge in [-0.3, -0.25) is 9.36 Å². The van der Waals surface area contributed by atoms with Crippen LogP contribution in [0.25, 0.3) is 0 Å². The van der Waals surface area contributed by atoms with E-state index in [4.69, 9.17) is 23.2 Å². The van der Waals surface area contributed by atoms with Crippen molar-refractivity contribution in [2.75, 3.05) is 0 Å². The molecule has 0 N–H and O–H groups in total. The van der Waals surface area contributed by atoms with E-state index in [-0.39, 0.29) is 21.8 Å². The minimum absolute atomic E-state index is 0.0300. The van der Waals surface area contributed by atoms with E-state index in [9.17, 15) is 4.79 Å². The monoisotopic (exact) mass is 260 g/mol. The Morgan fingerprint density at radius 1 is 1.44 bits per heavy atom. The summed E-state index contributed by atoms with van der Waals surface area (Å²) in [6.07, 6.45) is 5.93. The predicted molar refractivity (Wildman–Crippen MR) is 65.2 cm³/mol.